The largest absolute Gasteiger partial charge is 0.366 e. The first kappa shape index (κ1) is 19.8. The number of benzene rings is 1. The van der Waals surface area contributed by atoms with E-state index in [9.17, 15) is 4.79 Å². The molecule has 0 bridgehead atoms. The maximum atomic E-state index is 12.3. The molecule has 0 spiro atoms. The number of hydrogen-bond acceptors (Lipinski definition) is 5. The second kappa shape index (κ2) is 8.76. The molecule has 2 N–H and O–H groups in total. The van der Waals surface area contributed by atoms with Crippen LogP contribution < -0.4 is 10.6 Å². The lowest BCUT2D eigenvalue weighted by Crippen LogP contribution is -2.48. The molecule has 2 unspecified atom stereocenters. The first-order valence-electron chi connectivity index (χ1n) is 8.21. The van der Waals surface area contributed by atoms with Gasteiger partial charge in [0, 0.05) is 18.7 Å². The highest BCUT2D eigenvalue weighted by Crippen LogP contribution is 2.31. The van der Waals surface area contributed by atoms with E-state index in [0.717, 1.165) is 27.7 Å². The SMILES string of the molecule is Cc1ccc(-c2nc(C)c(C(C)NC(=O)C3CNCCO3)s2)cc1.Cl. The average Bonchev–Trinajstić information content (AvgIpc) is 2.98. The van der Waals surface area contributed by atoms with Gasteiger partial charge in [0.1, 0.15) is 11.1 Å². The van der Waals surface area contributed by atoms with Gasteiger partial charge in [-0.05, 0) is 20.8 Å². The Labute approximate surface area is 158 Å². The fraction of sp³-hybridized carbons (Fsp3) is 0.444. The van der Waals surface area contributed by atoms with Crippen molar-refractivity contribution in [3.05, 3.63) is 40.4 Å². The molecule has 2 heterocycles. The van der Waals surface area contributed by atoms with Gasteiger partial charge in [0.15, 0.2) is 0 Å². The van der Waals surface area contributed by atoms with Crippen LogP contribution in [-0.4, -0.2) is 36.7 Å². The van der Waals surface area contributed by atoms with E-state index in [1.807, 2.05) is 13.8 Å². The van der Waals surface area contributed by atoms with Gasteiger partial charge in [-0.1, -0.05) is 29.8 Å². The summed E-state index contributed by atoms with van der Waals surface area (Å²) in [6, 6.07) is 8.26. The molecule has 1 aromatic carbocycles. The van der Waals surface area contributed by atoms with Crippen molar-refractivity contribution in [2.75, 3.05) is 19.7 Å². The summed E-state index contributed by atoms with van der Waals surface area (Å²) in [7, 11) is 0. The Morgan fingerprint density at radius 2 is 2.08 bits per heavy atom. The van der Waals surface area contributed by atoms with Crippen LogP contribution in [0.2, 0.25) is 0 Å². The van der Waals surface area contributed by atoms with Gasteiger partial charge in [-0.2, -0.15) is 0 Å². The van der Waals surface area contributed by atoms with E-state index in [-0.39, 0.29) is 24.4 Å². The topological polar surface area (TPSA) is 63.2 Å². The summed E-state index contributed by atoms with van der Waals surface area (Å²) in [6.07, 6.45) is -0.411. The summed E-state index contributed by atoms with van der Waals surface area (Å²) in [5.74, 6) is -0.0700. The second-order valence-electron chi connectivity index (χ2n) is 6.13. The molecule has 2 aromatic rings. The molecule has 7 heteroatoms. The summed E-state index contributed by atoms with van der Waals surface area (Å²) >= 11 is 1.63. The number of carbonyl (C=O) groups is 1. The Hall–Kier alpha value is -1.47. The molecule has 136 valence electrons. The quantitative estimate of drug-likeness (QED) is 0.854. The summed E-state index contributed by atoms with van der Waals surface area (Å²) in [6.45, 7) is 7.99. The number of carbonyl (C=O) groups excluding carboxylic acids is 1. The molecule has 3 rings (SSSR count). The normalized spacial score (nSPS) is 18.3. The maximum absolute atomic E-state index is 12.3. The molecule has 1 saturated heterocycles. The van der Waals surface area contributed by atoms with Gasteiger partial charge in [0.05, 0.1) is 23.2 Å². The standard InChI is InChI=1S/C18H23N3O2S.ClH/c1-11-4-6-14(7-5-11)18-21-13(3)16(24-18)12(2)20-17(22)15-10-19-8-9-23-15;/h4-7,12,15,19H,8-10H2,1-3H3,(H,20,22);1H. The van der Waals surface area contributed by atoms with Crippen molar-refractivity contribution in [3.63, 3.8) is 0 Å². The molecule has 0 radical (unpaired) electrons. The van der Waals surface area contributed by atoms with Crippen LogP contribution in [0, 0.1) is 13.8 Å². The number of halogens is 1. The van der Waals surface area contributed by atoms with Crippen LogP contribution in [0.5, 0.6) is 0 Å². The van der Waals surface area contributed by atoms with Crippen LogP contribution in [0.4, 0.5) is 0 Å². The fourth-order valence-corrected chi connectivity index (χ4v) is 3.81. The van der Waals surface area contributed by atoms with Crippen molar-refractivity contribution >= 4 is 29.7 Å². The Balaban J connectivity index is 0.00000225. The monoisotopic (exact) mass is 381 g/mol. The van der Waals surface area contributed by atoms with E-state index >= 15 is 0 Å². The molecular formula is C18H24ClN3O2S. The molecule has 2 atom stereocenters. The van der Waals surface area contributed by atoms with Crippen molar-refractivity contribution < 1.29 is 9.53 Å². The molecule has 0 saturated carbocycles. The van der Waals surface area contributed by atoms with E-state index in [4.69, 9.17) is 4.74 Å². The van der Waals surface area contributed by atoms with Crippen LogP contribution in [0.25, 0.3) is 10.6 Å². The Kier molecular flexibility index (Phi) is 6.95. The lowest BCUT2D eigenvalue weighted by molar-refractivity contribution is -0.134. The predicted octanol–water partition coefficient (Wildman–Crippen LogP) is 3.01. The van der Waals surface area contributed by atoms with Gasteiger partial charge in [-0.15, -0.1) is 23.7 Å². The van der Waals surface area contributed by atoms with Crippen molar-refractivity contribution in [1.29, 1.82) is 0 Å². The third kappa shape index (κ3) is 4.79. The van der Waals surface area contributed by atoms with Crippen LogP contribution in [-0.2, 0) is 9.53 Å². The van der Waals surface area contributed by atoms with E-state index < -0.39 is 6.10 Å². The third-order valence-corrected chi connectivity index (χ3v) is 5.49. The van der Waals surface area contributed by atoms with Crippen LogP contribution in [0.3, 0.4) is 0 Å². The van der Waals surface area contributed by atoms with Gasteiger partial charge in [-0.25, -0.2) is 4.98 Å². The number of amides is 1. The Morgan fingerprint density at radius 3 is 2.72 bits per heavy atom. The molecule has 1 aromatic heterocycles. The first-order valence-corrected chi connectivity index (χ1v) is 9.03. The molecule has 25 heavy (non-hydrogen) atoms. The summed E-state index contributed by atoms with van der Waals surface area (Å²) in [5, 5.41) is 7.21. The van der Waals surface area contributed by atoms with Crippen molar-refractivity contribution in [3.8, 4) is 10.6 Å². The van der Waals surface area contributed by atoms with E-state index in [2.05, 4.69) is 46.8 Å². The van der Waals surface area contributed by atoms with Gasteiger partial charge in [0.25, 0.3) is 5.91 Å². The zero-order chi connectivity index (χ0) is 17.1. The Morgan fingerprint density at radius 1 is 1.36 bits per heavy atom. The number of morpholine rings is 1. The molecule has 1 amide bonds. The number of nitrogens with one attached hydrogen (secondary N) is 2. The van der Waals surface area contributed by atoms with Gasteiger partial charge in [0.2, 0.25) is 0 Å². The highest BCUT2D eigenvalue weighted by atomic mass is 35.5. The summed E-state index contributed by atoms with van der Waals surface area (Å²) in [5.41, 5.74) is 3.30. The number of aromatic nitrogens is 1. The molecule has 1 fully saturated rings. The second-order valence-corrected chi connectivity index (χ2v) is 7.16. The van der Waals surface area contributed by atoms with Crippen LogP contribution >= 0.6 is 23.7 Å². The minimum absolute atomic E-state index is 0. The number of ether oxygens (including phenoxy) is 1. The predicted molar refractivity (Wildman–Crippen MR) is 103 cm³/mol. The van der Waals surface area contributed by atoms with Gasteiger partial charge in [-0.3, -0.25) is 4.79 Å². The first-order chi connectivity index (χ1) is 11.5. The average molecular weight is 382 g/mol. The number of hydrogen-bond donors (Lipinski definition) is 2. The van der Waals surface area contributed by atoms with Crippen LogP contribution in [0.15, 0.2) is 24.3 Å². The number of thiazole rings is 1. The third-order valence-electron chi connectivity index (χ3n) is 4.10. The molecule has 1 aliphatic rings. The zero-order valence-corrected chi connectivity index (χ0v) is 16.3. The molecule has 5 nitrogen and oxygen atoms in total. The van der Waals surface area contributed by atoms with E-state index in [1.54, 1.807) is 11.3 Å². The minimum atomic E-state index is -0.411. The lowest BCUT2D eigenvalue weighted by Gasteiger charge is -2.24. The number of rotatable bonds is 4. The van der Waals surface area contributed by atoms with Crippen molar-refractivity contribution in [2.45, 2.75) is 32.9 Å². The number of nitrogens with zero attached hydrogens (tertiary/aromatic N) is 1. The smallest absolute Gasteiger partial charge is 0.250 e. The highest BCUT2D eigenvalue weighted by molar-refractivity contribution is 7.15. The van der Waals surface area contributed by atoms with Gasteiger partial charge < -0.3 is 15.4 Å². The number of aryl methyl sites for hydroxylation is 2. The fourth-order valence-electron chi connectivity index (χ4n) is 2.74. The zero-order valence-electron chi connectivity index (χ0n) is 14.7. The minimum Gasteiger partial charge on any atom is -0.366 e. The highest BCUT2D eigenvalue weighted by Gasteiger charge is 2.24. The lowest BCUT2D eigenvalue weighted by atomic mass is 10.2. The van der Waals surface area contributed by atoms with Gasteiger partial charge >= 0.3 is 0 Å². The van der Waals surface area contributed by atoms with E-state index in [0.29, 0.717) is 13.2 Å². The molecular weight excluding hydrogens is 358 g/mol. The summed E-state index contributed by atoms with van der Waals surface area (Å²) in [4.78, 5) is 18.1. The summed E-state index contributed by atoms with van der Waals surface area (Å²) < 4.78 is 5.51. The maximum Gasteiger partial charge on any atom is 0.250 e. The molecule has 1 aliphatic heterocycles. The van der Waals surface area contributed by atoms with E-state index in [1.165, 1.54) is 5.56 Å². The van der Waals surface area contributed by atoms with Crippen LogP contribution in [0.1, 0.15) is 29.1 Å². The van der Waals surface area contributed by atoms with Crippen molar-refractivity contribution in [1.82, 2.24) is 15.6 Å². The Bertz CT molecular complexity index is 712. The molecule has 0 aliphatic carbocycles. The van der Waals surface area contributed by atoms with Crippen molar-refractivity contribution in [2.24, 2.45) is 0 Å².